The van der Waals surface area contributed by atoms with Gasteiger partial charge in [-0.3, -0.25) is 4.79 Å². The highest BCUT2D eigenvalue weighted by Crippen LogP contribution is 1.91. The minimum Gasteiger partial charge on any atom is -0.389 e. The van der Waals surface area contributed by atoms with Crippen molar-refractivity contribution in [2.75, 3.05) is 0 Å². The third-order valence-corrected chi connectivity index (χ3v) is 1.12. The Labute approximate surface area is 65.5 Å². The Morgan fingerprint density at radius 2 is 2.00 bits per heavy atom. The first kappa shape index (κ1) is 10.1. The highest BCUT2D eigenvalue weighted by atomic mass is 16.3. The minimum atomic E-state index is -1.22. The van der Waals surface area contributed by atoms with Crippen molar-refractivity contribution >= 4 is 5.91 Å². The standard InChI is InChI=1S/C7H13NO3/c1-4(2)6(10)8-7(11)5(3)9/h5,7,9,11H,1H2,2-3H3,(H,8,10). The van der Waals surface area contributed by atoms with Crippen LogP contribution in [0.4, 0.5) is 0 Å². The van der Waals surface area contributed by atoms with Gasteiger partial charge in [-0.25, -0.2) is 0 Å². The first-order valence-corrected chi connectivity index (χ1v) is 3.27. The molecule has 0 saturated heterocycles. The molecule has 0 bridgehead atoms. The minimum absolute atomic E-state index is 0.296. The summed E-state index contributed by atoms with van der Waals surface area (Å²) in [5.74, 6) is -0.460. The molecule has 4 nitrogen and oxygen atoms in total. The van der Waals surface area contributed by atoms with Crippen molar-refractivity contribution in [2.45, 2.75) is 26.2 Å². The van der Waals surface area contributed by atoms with Gasteiger partial charge >= 0.3 is 0 Å². The Kier molecular flexibility index (Phi) is 3.78. The van der Waals surface area contributed by atoms with E-state index in [9.17, 15) is 4.79 Å². The van der Waals surface area contributed by atoms with Crippen LogP contribution in [0.5, 0.6) is 0 Å². The molecule has 0 spiro atoms. The molecule has 0 fully saturated rings. The average Bonchev–Trinajstić information content (AvgIpc) is 1.87. The van der Waals surface area contributed by atoms with Crippen LogP contribution in [0.25, 0.3) is 0 Å². The predicted octanol–water partition coefficient (Wildman–Crippen LogP) is -0.622. The molecule has 0 aliphatic rings. The Morgan fingerprint density at radius 3 is 2.27 bits per heavy atom. The molecule has 0 aliphatic heterocycles. The molecule has 0 radical (unpaired) electrons. The number of rotatable bonds is 3. The molecule has 0 rings (SSSR count). The predicted molar refractivity (Wildman–Crippen MR) is 40.6 cm³/mol. The van der Waals surface area contributed by atoms with Crippen molar-refractivity contribution in [3.05, 3.63) is 12.2 Å². The molecule has 64 valence electrons. The van der Waals surface area contributed by atoms with Gasteiger partial charge in [-0.05, 0) is 13.8 Å². The summed E-state index contributed by atoms with van der Waals surface area (Å²) in [5, 5.41) is 19.8. The van der Waals surface area contributed by atoms with Gasteiger partial charge in [0.2, 0.25) is 5.91 Å². The second kappa shape index (κ2) is 4.10. The lowest BCUT2D eigenvalue weighted by Crippen LogP contribution is -2.42. The van der Waals surface area contributed by atoms with E-state index < -0.39 is 18.2 Å². The smallest absolute Gasteiger partial charge is 0.248 e. The van der Waals surface area contributed by atoms with Gasteiger partial charge < -0.3 is 15.5 Å². The SMILES string of the molecule is C=C(C)C(=O)NC(O)C(C)O. The number of aliphatic hydroxyl groups is 2. The van der Waals surface area contributed by atoms with Crippen molar-refractivity contribution in [2.24, 2.45) is 0 Å². The summed E-state index contributed by atoms with van der Waals surface area (Å²) in [7, 11) is 0. The van der Waals surface area contributed by atoms with E-state index in [0.717, 1.165) is 0 Å². The van der Waals surface area contributed by atoms with Crippen LogP contribution in [-0.4, -0.2) is 28.5 Å². The van der Waals surface area contributed by atoms with Crippen LogP contribution in [0.2, 0.25) is 0 Å². The molecule has 0 aromatic heterocycles. The van der Waals surface area contributed by atoms with Gasteiger partial charge in [-0.2, -0.15) is 0 Å². The number of aliphatic hydroxyl groups excluding tert-OH is 2. The van der Waals surface area contributed by atoms with Gasteiger partial charge in [0, 0.05) is 5.57 Å². The van der Waals surface area contributed by atoms with Crippen LogP contribution in [0.3, 0.4) is 0 Å². The Balaban J connectivity index is 3.85. The Morgan fingerprint density at radius 1 is 1.55 bits per heavy atom. The summed E-state index contributed by atoms with van der Waals surface area (Å²) in [5.41, 5.74) is 0.296. The van der Waals surface area contributed by atoms with Gasteiger partial charge in [0.1, 0.15) is 0 Å². The highest BCUT2D eigenvalue weighted by Gasteiger charge is 2.13. The Bertz CT molecular complexity index is 165. The summed E-state index contributed by atoms with van der Waals surface area (Å²) in [6, 6.07) is 0. The van der Waals surface area contributed by atoms with Gasteiger partial charge in [-0.15, -0.1) is 0 Å². The lowest BCUT2D eigenvalue weighted by Gasteiger charge is -2.14. The molecule has 4 heteroatoms. The zero-order chi connectivity index (χ0) is 9.02. The lowest BCUT2D eigenvalue weighted by molar-refractivity contribution is -0.122. The van der Waals surface area contributed by atoms with E-state index in [1.165, 1.54) is 13.8 Å². The second-order valence-electron chi connectivity index (χ2n) is 2.44. The number of carbonyl (C=O) groups excluding carboxylic acids is 1. The normalized spacial score (nSPS) is 15.3. The van der Waals surface area contributed by atoms with Crippen LogP contribution >= 0.6 is 0 Å². The van der Waals surface area contributed by atoms with Crippen LogP contribution < -0.4 is 5.32 Å². The summed E-state index contributed by atoms with van der Waals surface area (Å²) in [4.78, 5) is 10.8. The van der Waals surface area contributed by atoms with E-state index >= 15 is 0 Å². The molecule has 0 heterocycles. The van der Waals surface area contributed by atoms with Gasteiger partial charge in [0.15, 0.2) is 6.23 Å². The van der Waals surface area contributed by atoms with Crippen molar-refractivity contribution < 1.29 is 15.0 Å². The molecular formula is C7H13NO3. The number of nitrogens with one attached hydrogen (secondary N) is 1. The van der Waals surface area contributed by atoms with Crippen LogP contribution in [0, 0.1) is 0 Å². The molecule has 0 aliphatic carbocycles. The van der Waals surface area contributed by atoms with Crippen LogP contribution in [0.1, 0.15) is 13.8 Å². The van der Waals surface area contributed by atoms with E-state index in [1.807, 2.05) is 0 Å². The molecule has 0 saturated carbocycles. The molecular weight excluding hydrogens is 146 g/mol. The molecule has 3 N–H and O–H groups in total. The van der Waals surface area contributed by atoms with Crippen LogP contribution in [0.15, 0.2) is 12.2 Å². The van der Waals surface area contributed by atoms with Crippen molar-refractivity contribution in [3.8, 4) is 0 Å². The summed E-state index contributed by atoms with van der Waals surface area (Å²) >= 11 is 0. The maximum atomic E-state index is 10.8. The van der Waals surface area contributed by atoms with Crippen molar-refractivity contribution in [3.63, 3.8) is 0 Å². The number of hydrogen-bond donors (Lipinski definition) is 3. The van der Waals surface area contributed by atoms with Crippen molar-refractivity contribution in [1.82, 2.24) is 5.32 Å². The molecule has 11 heavy (non-hydrogen) atoms. The van der Waals surface area contributed by atoms with Gasteiger partial charge in [0.25, 0.3) is 0 Å². The number of carbonyl (C=O) groups is 1. The van der Waals surface area contributed by atoms with E-state index in [-0.39, 0.29) is 0 Å². The summed E-state index contributed by atoms with van der Waals surface area (Å²) < 4.78 is 0. The maximum Gasteiger partial charge on any atom is 0.248 e. The first-order valence-electron chi connectivity index (χ1n) is 3.27. The molecule has 2 unspecified atom stereocenters. The van der Waals surface area contributed by atoms with E-state index in [0.29, 0.717) is 5.57 Å². The summed E-state index contributed by atoms with van der Waals surface area (Å²) in [6.07, 6.45) is -2.20. The fourth-order valence-corrected chi connectivity index (χ4v) is 0.378. The average molecular weight is 159 g/mol. The van der Waals surface area contributed by atoms with Gasteiger partial charge in [0.05, 0.1) is 6.10 Å². The highest BCUT2D eigenvalue weighted by molar-refractivity contribution is 5.92. The van der Waals surface area contributed by atoms with E-state index in [2.05, 4.69) is 11.9 Å². The van der Waals surface area contributed by atoms with Gasteiger partial charge in [-0.1, -0.05) is 6.58 Å². The summed E-state index contributed by atoms with van der Waals surface area (Å²) in [6.45, 7) is 6.26. The van der Waals surface area contributed by atoms with E-state index in [4.69, 9.17) is 10.2 Å². The van der Waals surface area contributed by atoms with E-state index in [1.54, 1.807) is 0 Å². The quantitative estimate of drug-likeness (QED) is 0.379. The van der Waals surface area contributed by atoms with Crippen molar-refractivity contribution in [1.29, 1.82) is 0 Å². The third-order valence-electron chi connectivity index (χ3n) is 1.12. The molecule has 0 aromatic carbocycles. The molecule has 0 aromatic rings. The number of hydrogen-bond acceptors (Lipinski definition) is 3. The first-order chi connectivity index (χ1) is 4.95. The molecule has 1 amide bonds. The fraction of sp³-hybridized carbons (Fsp3) is 0.571. The largest absolute Gasteiger partial charge is 0.389 e. The zero-order valence-corrected chi connectivity index (χ0v) is 6.66. The topological polar surface area (TPSA) is 69.6 Å². The monoisotopic (exact) mass is 159 g/mol. The zero-order valence-electron chi connectivity index (χ0n) is 6.66. The van der Waals surface area contributed by atoms with Crippen LogP contribution in [-0.2, 0) is 4.79 Å². The second-order valence-corrected chi connectivity index (χ2v) is 2.44. The maximum absolute atomic E-state index is 10.8. The number of amides is 1. The Hall–Kier alpha value is -0.870. The third kappa shape index (κ3) is 3.75. The lowest BCUT2D eigenvalue weighted by atomic mass is 10.3. The fourth-order valence-electron chi connectivity index (χ4n) is 0.378. The molecule has 2 atom stereocenters.